The number of carbonyl (C=O) groups excluding carboxylic acids is 1. The third kappa shape index (κ3) is 3.43. The van der Waals surface area contributed by atoms with E-state index in [1.165, 1.54) is 23.5 Å². The Bertz CT molecular complexity index is 633. The lowest BCUT2D eigenvalue weighted by atomic mass is 10.2. The molecule has 0 fully saturated rings. The lowest BCUT2D eigenvalue weighted by molar-refractivity contribution is -0.384. The molecule has 0 aliphatic carbocycles. The molecule has 0 atom stereocenters. The van der Waals surface area contributed by atoms with Crippen molar-refractivity contribution >= 4 is 38.9 Å². The molecule has 0 radical (unpaired) electrons. The molecule has 20 heavy (non-hydrogen) atoms. The fourth-order valence-electron chi connectivity index (χ4n) is 1.58. The number of thiophene rings is 1. The Morgan fingerprint density at radius 1 is 1.40 bits per heavy atom. The monoisotopic (exact) mass is 354 g/mol. The highest BCUT2D eigenvalue weighted by Crippen LogP contribution is 2.27. The van der Waals surface area contributed by atoms with Gasteiger partial charge in [0, 0.05) is 18.7 Å². The van der Waals surface area contributed by atoms with E-state index in [2.05, 4.69) is 21.2 Å². The number of non-ortho nitro benzene ring substituents is 1. The normalized spacial score (nSPS) is 10.3. The Labute approximate surface area is 127 Å². The van der Waals surface area contributed by atoms with Crippen molar-refractivity contribution in [1.29, 1.82) is 0 Å². The second kappa shape index (κ2) is 6.15. The zero-order valence-electron chi connectivity index (χ0n) is 10.6. The first kappa shape index (κ1) is 14.7. The Hall–Kier alpha value is -1.73. The number of hydrogen-bond acceptors (Lipinski definition) is 4. The molecule has 1 N–H and O–H groups in total. The third-order valence-electron chi connectivity index (χ3n) is 2.68. The van der Waals surface area contributed by atoms with Gasteiger partial charge in [-0.3, -0.25) is 14.9 Å². The molecule has 0 aliphatic rings. The number of nitro benzene ring substituents is 1. The molecule has 0 spiro atoms. The summed E-state index contributed by atoms with van der Waals surface area (Å²) in [6.45, 7) is 2.26. The molecule has 1 heterocycles. The molecule has 0 bridgehead atoms. The standard InChI is InChI=1S/C13H11BrN2O3S/c1-8-6-11(20-12(8)14)13(17)15-7-9-2-4-10(5-3-9)16(18)19/h2-6H,7H2,1H3,(H,15,17). The highest BCUT2D eigenvalue weighted by molar-refractivity contribution is 9.11. The lowest BCUT2D eigenvalue weighted by Gasteiger charge is -2.03. The van der Waals surface area contributed by atoms with Crippen LogP contribution in [0.4, 0.5) is 5.69 Å². The minimum atomic E-state index is -0.450. The van der Waals surface area contributed by atoms with Crippen LogP contribution in [0.5, 0.6) is 0 Å². The van der Waals surface area contributed by atoms with Crippen molar-refractivity contribution in [3.63, 3.8) is 0 Å². The molecule has 5 nitrogen and oxygen atoms in total. The topological polar surface area (TPSA) is 72.2 Å². The van der Waals surface area contributed by atoms with Gasteiger partial charge in [-0.15, -0.1) is 11.3 Å². The van der Waals surface area contributed by atoms with E-state index >= 15 is 0 Å². The summed E-state index contributed by atoms with van der Waals surface area (Å²) in [4.78, 5) is 22.6. The summed E-state index contributed by atoms with van der Waals surface area (Å²) in [6, 6.07) is 7.93. The van der Waals surface area contributed by atoms with Crippen LogP contribution in [0.3, 0.4) is 0 Å². The van der Waals surface area contributed by atoms with Crippen molar-refractivity contribution in [3.8, 4) is 0 Å². The number of rotatable bonds is 4. The fraction of sp³-hybridized carbons (Fsp3) is 0.154. The molecule has 0 aliphatic heterocycles. The van der Waals surface area contributed by atoms with Gasteiger partial charge in [0.05, 0.1) is 13.6 Å². The van der Waals surface area contributed by atoms with E-state index in [0.717, 1.165) is 14.9 Å². The van der Waals surface area contributed by atoms with Gasteiger partial charge in [0.25, 0.3) is 11.6 Å². The van der Waals surface area contributed by atoms with Crippen LogP contribution in [0, 0.1) is 17.0 Å². The molecule has 104 valence electrons. The van der Waals surface area contributed by atoms with Crippen LogP contribution in [0.1, 0.15) is 20.8 Å². The second-order valence-electron chi connectivity index (χ2n) is 4.17. The Balaban J connectivity index is 1.98. The summed E-state index contributed by atoms with van der Waals surface area (Å²) in [5, 5.41) is 13.3. The lowest BCUT2D eigenvalue weighted by Crippen LogP contribution is -2.21. The summed E-state index contributed by atoms with van der Waals surface area (Å²) in [6.07, 6.45) is 0. The molecule has 1 aromatic carbocycles. The highest BCUT2D eigenvalue weighted by Gasteiger charge is 2.11. The first-order chi connectivity index (χ1) is 9.47. The third-order valence-corrected chi connectivity index (χ3v) is 4.82. The Morgan fingerprint density at radius 3 is 2.55 bits per heavy atom. The number of amides is 1. The van der Waals surface area contributed by atoms with E-state index in [-0.39, 0.29) is 11.6 Å². The maximum Gasteiger partial charge on any atom is 0.269 e. The van der Waals surface area contributed by atoms with Crippen LogP contribution in [0.25, 0.3) is 0 Å². The number of nitro groups is 1. The first-order valence-electron chi connectivity index (χ1n) is 5.75. The van der Waals surface area contributed by atoms with E-state index in [1.807, 2.05) is 13.0 Å². The van der Waals surface area contributed by atoms with Crippen molar-refractivity contribution in [2.45, 2.75) is 13.5 Å². The molecule has 0 saturated carbocycles. The summed E-state index contributed by atoms with van der Waals surface area (Å²) in [7, 11) is 0. The minimum Gasteiger partial charge on any atom is -0.347 e. The maximum atomic E-state index is 11.9. The molecule has 7 heteroatoms. The van der Waals surface area contributed by atoms with Gasteiger partial charge in [0.1, 0.15) is 0 Å². The number of hydrogen-bond donors (Lipinski definition) is 1. The average Bonchev–Trinajstić information content (AvgIpc) is 2.76. The number of benzene rings is 1. The first-order valence-corrected chi connectivity index (χ1v) is 7.36. The minimum absolute atomic E-state index is 0.0397. The number of halogens is 1. The average molecular weight is 355 g/mol. The van der Waals surface area contributed by atoms with Gasteiger partial charge in [-0.2, -0.15) is 0 Å². The molecule has 1 amide bonds. The van der Waals surface area contributed by atoms with Gasteiger partial charge in [-0.05, 0) is 40.0 Å². The summed E-state index contributed by atoms with van der Waals surface area (Å²) < 4.78 is 0.943. The van der Waals surface area contributed by atoms with Gasteiger partial charge in [-0.25, -0.2) is 0 Å². The molecular formula is C13H11BrN2O3S. The van der Waals surface area contributed by atoms with E-state index in [9.17, 15) is 14.9 Å². The van der Waals surface area contributed by atoms with E-state index in [4.69, 9.17) is 0 Å². The number of carbonyl (C=O) groups is 1. The van der Waals surface area contributed by atoms with Crippen molar-refractivity contribution in [1.82, 2.24) is 5.32 Å². The van der Waals surface area contributed by atoms with E-state index in [1.54, 1.807) is 12.1 Å². The SMILES string of the molecule is Cc1cc(C(=O)NCc2ccc([N+](=O)[O-])cc2)sc1Br. The van der Waals surface area contributed by atoms with E-state index in [0.29, 0.717) is 11.4 Å². The fourth-order valence-corrected chi connectivity index (χ4v) is 3.03. The van der Waals surface area contributed by atoms with Gasteiger partial charge < -0.3 is 5.32 Å². The largest absolute Gasteiger partial charge is 0.347 e. The zero-order valence-corrected chi connectivity index (χ0v) is 13.0. The number of aryl methyl sites for hydroxylation is 1. The van der Waals surface area contributed by atoms with Crippen LogP contribution in [-0.2, 0) is 6.54 Å². The van der Waals surface area contributed by atoms with Crippen molar-refractivity contribution in [3.05, 3.63) is 60.2 Å². The van der Waals surface area contributed by atoms with Crippen LogP contribution in [0.2, 0.25) is 0 Å². The maximum absolute atomic E-state index is 11.9. The highest BCUT2D eigenvalue weighted by atomic mass is 79.9. The predicted octanol–water partition coefficient (Wildman–Crippen LogP) is 3.66. The molecule has 2 aromatic rings. The second-order valence-corrected chi connectivity index (χ2v) is 6.54. The van der Waals surface area contributed by atoms with Crippen LogP contribution in [-0.4, -0.2) is 10.8 Å². The van der Waals surface area contributed by atoms with Crippen LogP contribution >= 0.6 is 27.3 Å². The van der Waals surface area contributed by atoms with E-state index < -0.39 is 4.92 Å². The number of nitrogens with one attached hydrogen (secondary N) is 1. The molecular weight excluding hydrogens is 344 g/mol. The van der Waals surface area contributed by atoms with Gasteiger partial charge in [0.2, 0.25) is 0 Å². The molecule has 0 unspecified atom stereocenters. The van der Waals surface area contributed by atoms with Crippen molar-refractivity contribution < 1.29 is 9.72 Å². The summed E-state index contributed by atoms with van der Waals surface area (Å²) in [5.41, 5.74) is 1.88. The van der Waals surface area contributed by atoms with Crippen molar-refractivity contribution in [2.75, 3.05) is 0 Å². The molecule has 0 saturated heterocycles. The van der Waals surface area contributed by atoms with Crippen molar-refractivity contribution in [2.24, 2.45) is 0 Å². The van der Waals surface area contributed by atoms with Gasteiger partial charge >= 0.3 is 0 Å². The summed E-state index contributed by atoms with van der Waals surface area (Å²) >= 11 is 4.76. The van der Waals surface area contributed by atoms with Gasteiger partial charge in [0.15, 0.2) is 0 Å². The Kier molecular flexibility index (Phi) is 4.51. The molecule has 2 rings (SSSR count). The quantitative estimate of drug-likeness (QED) is 0.672. The number of nitrogens with zero attached hydrogens (tertiary/aromatic N) is 1. The zero-order chi connectivity index (χ0) is 14.7. The van der Waals surface area contributed by atoms with Crippen LogP contribution < -0.4 is 5.32 Å². The Morgan fingerprint density at radius 2 is 2.05 bits per heavy atom. The molecule has 1 aromatic heterocycles. The van der Waals surface area contributed by atoms with Crippen LogP contribution in [0.15, 0.2) is 34.1 Å². The van der Waals surface area contributed by atoms with Gasteiger partial charge in [-0.1, -0.05) is 12.1 Å². The smallest absolute Gasteiger partial charge is 0.269 e. The predicted molar refractivity (Wildman–Crippen MR) is 81.0 cm³/mol. The summed E-state index contributed by atoms with van der Waals surface area (Å²) in [5.74, 6) is -0.151.